The van der Waals surface area contributed by atoms with Crippen molar-refractivity contribution in [1.29, 1.82) is 0 Å². The van der Waals surface area contributed by atoms with Gasteiger partial charge < -0.3 is 5.11 Å². The number of halogens is 2. The molecule has 0 aliphatic rings. The standard InChI is InChI=1S/C9H6Cl2N2O6/c1-9(10,11)8(15)4-2-5(12(16)17)7(14)6(3-4)13(18)19/h2-3,14H,1H3. The molecule has 0 aromatic heterocycles. The van der Waals surface area contributed by atoms with Gasteiger partial charge >= 0.3 is 11.4 Å². The molecule has 8 nitrogen and oxygen atoms in total. The smallest absolute Gasteiger partial charge is 0.318 e. The Kier molecular flexibility index (Phi) is 3.97. The summed E-state index contributed by atoms with van der Waals surface area (Å²) in [7, 11) is 0. The first kappa shape index (κ1) is 15.1. The predicted octanol–water partition coefficient (Wildman–Crippen LogP) is 2.59. The minimum Gasteiger partial charge on any atom is -0.497 e. The first-order valence-corrected chi connectivity index (χ1v) is 5.39. The SMILES string of the molecule is CC(Cl)(Cl)C(=O)c1cc([N+](=O)[O-])c(O)c([N+](=O)[O-])c1. The molecular formula is C9H6Cl2N2O6. The van der Waals surface area contributed by atoms with Crippen LogP contribution >= 0.6 is 23.2 Å². The average molecular weight is 309 g/mol. The number of nitro groups is 2. The molecule has 0 fully saturated rings. The van der Waals surface area contributed by atoms with Crippen molar-refractivity contribution < 1.29 is 19.7 Å². The lowest BCUT2D eigenvalue weighted by Gasteiger charge is -2.11. The van der Waals surface area contributed by atoms with E-state index in [1.54, 1.807) is 0 Å². The number of ketones is 1. The van der Waals surface area contributed by atoms with E-state index >= 15 is 0 Å². The molecule has 0 radical (unpaired) electrons. The van der Waals surface area contributed by atoms with Gasteiger partial charge in [0.25, 0.3) is 5.75 Å². The highest BCUT2D eigenvalue weighted by Crippen LogP contribution is 2.38. The van der Waals surface area contributed by atoms with Crippen molar-refractivity contribution in [2.45, 2.75) is 11.3 Å². The number of Topliss-reactive ketones (excluding diaryl/α,β-unsaturated/α-hetero) is 1. The van der Waals surface area contributed by atoms with Crippen molar-refractivity contribution in [3.63, 3.8) is 0 Å². The number of hydrogen-bond donors (Lipinski definition) is 1. The summed E-state index contributed by atoms with van der Waals surface area (Å²) in [5.74, 6) is -2.10. The second-order valence-electron chi connectivity index (χ2n) is 3.59. The van der Waals surface area contributed by atoms with Gasteiger partial charge in [-0.05, 0) is 6.92 Å². The van der Waals surface area contributed by atoms with Crippen molar-refractivity contribution in [1.82, 2.24) is 0 Å². The fourth-order valence-electron chi connectivity index (χ4n) is 1.27. The van der Waals surface area contributed by atoms with Crippen molar-refractivity contribution in [3.05, 3.63) is 37.9 Å². The molecule has 0 heterocycles. The lowest BCUT2D eigenvalue weighted by molar-refractivity contribution is -0.396. The molecule has 0 saturated carbocycles. The van der Waals surface area contributed by atoms with Gasteiger partial charge in [0.15, 0.2) is 10.1 Å². The first-order valence-electron chi connectivity index (χ1n) is 4.64. The van der Waals surface area contributed by atoms with E-state index in [9.17, 15) is 30.1 Å². The van der Waals surface area contributed by atoms with Gasteiger partial charge in [-0.3, -0.25) is 25.0 Å². The van der Waals surface area contributed by atoms with Crippen LogP contribution in [-0.2, 0) is 0 Å². The number of carbonyl (C=O) groups excluding carboxylic acids is 1. The third-order valence-corrected chi connectivity index (χ3v) is 2.47. The molecule has 19 heavy (non-hydrogen) atoms. The zero-order valence-electron chi connectivity index (χ0n) is 9.29. The van der Waals surface area contributed by atoms with Crippen LogP contribution in [0.1, 0.15) is 17.3 Å². The van der Waals surface area contributed by atoms with E-state index < -0.39 is 42.7 Å². The zero-order valence-corrected chi connectivity index (χ0v) is 10.8. The largest absolute Gasteiger partial charge is 0.497 e. The van der Waals surface area contributed by atoms with Crippen LogP contribution in [0.4, 0.5) is 11.4 Å². The maximum atomic E-state index is 11.7. The molecule has 102 valence electrons. The number of nitro benzene ring substituents is 2. The van der Waals surface area contributed by atoms with Gasteiger partial charge in [0.2, 0.25) is 0 Å². The molecule has 0 atom stereocenters. The number of aromatic hydroxyl groups is 1. The summed E-state index contributed by atoms with van der Waals surface area (Å²) in [6, 6.07) is 1.35. The molecule has 0 aliphatic heterocycles. The van der Waals surface area contributed by atoms with Crippen molar-refractivity contribution >= 4 is 40.4 Å². The van der Waals surface area contributed by atoms with E-state index in [0.717, 1.165) is 6.92 Å². The normalized spacial score (nSPS) is 11.1. The lowest BCUT2D eigenvalue weighted by atomic mass is 10.1. The van der Waals surface area contributed by atoms with Crippen molar-refractivity contribution in [2.24, 2.45) is 0 Å². The molecule has 1 rings (SSSR count). The number of rotatable bonds is 4. The van der Waals surface area contributed by atoms with Gasteiger partial charge in [0.05, 0.1) is 9.85 Å². The van der Waals surface area contributed by atoms with E-state index in [-0.39, 0.29) is 0 Å². The summed E-state index contributed by atoms with van der Waals surface area (Å²) >= 11 is 11.1. The second-order valence-corrected chi connectivity index (χ2v) is 5.30. The molecule has 10 heteroatoms. The highest BCUT2D eigenvalue weighted by atomic mass is 35.5. The van der Waals surface area contributed by atoms with Gasteiger partial charge in [-0.15, -0.1) is 0 Å². The van der Waals surface area contributed by atoms with Crippen LogP contribution in [0, 0.1) is 20.2 Å². The second kappa shape index (κ2) is 4.98. The number of benzene rings is 1. The van der Waals surface area contributed by atoms with Gasteiger partial charge in [0.1, 0.15) is 0 Å². The van der Waals surface area contributed by atoms with Crippen LogP contribution < -0.4 is 0 Å². The summed E-state index contributed by atoms with van der Waals surface area (Å²) in [6.07, 6.45) is 0. The number of phenols is 1. The number of nitrogens with zero attached hydrogens (tertiary/aromatic N) is 2. The maximum absolute atomic E-state index is 11.7. The van der Waals surface area contributed by atoms with Crippen LogP contribution in [0.3, 0.4) is 0 Å². The van der Waals surface area contributed by atoms with Crippen LogP contribution in [0.15, 0.2) is 12.1 Å². The third-order valence-electron chi connectivity index (χ3n) is 2.12. The summed E-state index contributed by atoms with van der Waals surface area (Å²) in [6.45, 7) is 1.11. The Hall–Kier alpha value is -1.93. The quantitative estimate of drug-likeness (QED) is 0.394. The van der Waals surface area contributed by atoms with Gasteiger partial charge in [-0.1, -0.05) is 23.2 Å². The monoisotopic (exact) mass is 308 g/mol. The number of phenolic OH excluding ortho intramolecular Hbond substituents is 1. The summed E-state index contributed by atoms with van der Waals surface area (Å²) < 4.78 is -1.90. The highest BCUT2D eigenvalue weighted by Gasteiger charge is 2.34. The Bertz CT molecular complexity index is 546. The number of hydrogen-bond acceptors (Lipinski definition) is 6. The maximum Gasteiger partial charge on any atom is 0.318 e. The third kappa shape index (κ3) is 3.09. The highest BCUT2D eigenvalue weighted by molar-refractivity contribution is 6.59. The minimum atomic E-state index is -1.90. The van der Waals surface area contributed by atoms with Crippen LogP contribution in [0.5, 0.6) is 5.75 Å². The molecule has 0 unspecified atom stereocenters. The Morgan fingerprint density at radius 2 is 1.58 bits per heavy atom. The van der Waals surface area contributed by atoms with E-state index in [1.807, 2.05) is 0 Å². The predicted molar refractivity (Wildman–Crippen MR) is 65.9 cm³/mol. The van der Waals surface area contributed by atoms with Crippen molar-refractivity contribution in [3.8, 4) is 5.75 Å². The molecule has 0 spiro atoms. The zero-order chi connectivity index (χ0) is 15.0. The van der Waals surface area contributed by atoms with E-state index in [2.05, 4.69) is 0 Å². The molecule has 0 saturated heterocycles. The summed E-state index contributed by atoms with van der Waals surface area (Å²) in [5, 5.41) is 30.7. The van der Waals surface area contributed by atoms with Gasteiger partial charge in [-0.25, -0.2) is 0 Å². The first-order chi connectivity index (χ1) is 8.55. The lowest BCUT2D eigenvalue weighted by Crippen LogP contribution is -2.22. The Balaban J connectivity index is 3.57. The Morgan fingerprint density at radius 3 is 1.84 bits per heavy atom. The fraction of sp³-hybridized carbons (Fsp3) is 0.222. The molecule has 1 aromatic carbocycles. The molecule has 0 amide bonds. The molecule has 1 N–H and O–H groups in total. The Morgan fingerprint density at radius 1 is 1.21 bits per heavy atom. The summed E-state index contributed by atoms with van der Waals surface area (Å²) in [5.41, 5.74) is -2.39. The molecule has 0 aliphatic carbocycles. The fourth-order valence-corrected chi connectivity index (χ4v) is 1.49. The minimum absolute atomic E-state index is 0.441. The number of alkyl halides is 2. The Labute approximate surface area is 115 Å². The van der Waals surface area contributed by atoms with Gasteiger partial charge in [-0.2, -0.15) is 0 Å². The molecule has 1 aromatic rings. The topological polar surface area (TPSA) is 124 Å². The summed E-state index contributed by atoms with van der Waals surface area (Å²) in [4.78, 5) is 31.0. The van der Waals surface area contributed by atoms with Crippen molar-refractivity contribution in [2.75, 3.05) is 0 Å². The van der Waals surface area contributed by atoms with Crippen LogP contribution in [0.25, 0.3) is 0 Å². The number of carbonyl (C=O) groups is 1. The molecule has 0 bridgehead atoms. The molecular weight excluding hydrogens is 303 g/mol. The average Bonchev–Trinajstić information content (AvgIpc) is 2.26. The van der Waals surface area contributed by atoms with E-state index in [1.165, 1.54) is 0 Å². The van der Waals surface area contributed by atoms with E-state index in [4.69, 9.17) is 23.2 Å². The van der Waals surface area contributed by atoms with E-state index in [0.29, 0.717) is 12.1 Å². The van der Waals surface area contributed by atoms with Gasteiger partial charge in [0, 0.05) is 17.7 Å². The van der Waals surface area contributed by atoms with Crippen LogP contribution in [0.2, 0.25) is 0 Å². The van der Waals surface area contributed by atoms with Crippen LogP contribution in [-0.4, -0.2) is 25.1 Å².